The Balaban J connectivity index is 2.46. The predicted molar refractivity (Wildman–Crippen MR) is 70.8 cm³/mol. The van der Waals surface area contributed by atoms with Crippen molar-refractivity contribution < 1.29 is 4.39 Å². The standard InChI is InChI=1S/C13H13ClFN3/c1-2-3-13-17-11(7-12(16)18-13)8-4-5-10(15)9(14)6-8/h4-7H,2-3H2,1H3,(H2,16,17,18). The van der Waals surface area contributed by atoms with Crippen molar-refractivity contribution in [3.05, 3.63) is 40.9 Å². The monoisotopic (exact) mass is 265 g/mol. The smallest absolute Gasteiger partial charge is 0.141 e. The van der Waals surface area contributed by atoms with E-state index in [0.29, 0.717) is 17.3 Å². The summed E-state index contributed by atoms with van der Waals surface area (Å²) in [6.07, 6.45) is 1.69. The maximum absolute atomic E-state index is 13.1. The van der Waals surface area contributed by atoms with Crippen LogP contribution in [-0.2, 0) is 6.42 Å². The Bertz CT molecular complexity index is 572. The molecule has 0 fully saturated rings. The van der Waals surface area contributed by atoms with Gasteiger partial charge in [0.2, 0.25) is 0 Å². The van der Waals surface area contributed by atoms with Crippen molar-refractivity contribution in [3.8, 4) is 11.3 Å². The van der Waals surface area contributed by atoms with E-state index in [0.717, 1.165) is 18.4 Å². The van der Waals surface area contributed by atoms with Crippen LogP contribution in [0, 0.1) is 5.82 Å². The molecule has 2 N–H and O–H groups in total. The van der Waals surface area contributed by atoms with Gasteiger partial charge in [-0.15, -0.1) is 0 Å². The Kier molecular flexibility index (Phi) is 3.77. The molecule has 1 heterocycles. The Hall–Kier alpha value is -1.68. The summed E-state index contributed by atoms with van der Waals surface area (Å²) in [5.74, 6) is 0.646. The number of aryl methyl sites for hydroxylation is 1. The summed E-state index contributed by atoms with van der Waals surface area (Å²) in [6, 6.07) is 6.13. The van der Waals surface area contributed by atoms with Crippen molar-refractivity contribution in [2.45, 2.75) is 19.8 Å². The molecule has 0 saturated carbocycles. The van der Waals surface area contributed by atoms with Gasteiger partial charge in [0.15, 0.2) is 0 Å². The predicted octanol–water partition coefficient (Wildman–Crippen LogP) is 3.47. The molecule has 0 aliphatic rings. The lowest BCUT2D eigenvalue weighted by Gasteiger charge is -2.06. The van der Waals surface area contributed by atoms with E-state index in [9.17, 15) is 4.39 Å². The first kappa shape index (κ1) is 12.8. The molecule has 0 aliphatic heterocycles. The van der Waals surface area contributed by atoms with Gasteiger partial charge in [-0.25, -0.2) is 14.4 Å². The molecule has 1 aromatic carbocycles. The molecule has 18 heavy (non-hydrogen) atoms. The van der Waals surface area contributed by atoms with Gasteiger partial charge in [-0.2, -0.15) is 0 Å². The van der Waals surface area contributed by atoms with Crippen LogP contribution >= 0.6 is 11.6 Å². The molecular weight excluding hydrogens is 253 g/mol. The lowest BCUT2D eigenvalue weighted by molar-refractivity contribution is 0.628. The third kappa shape index (κ3) is 2.76. The minimum atomic E-state index is -0.448. The highest BCUT2D eigenvalue weighted by molar-refractivity contribution is 6.31. The van der Waals surface area contributed by atoms with Crippen LogP contribution in [0.2, 0.25) is 5.02 Å². The Morgan fingerprint density at radius 3 is 2.72 bits per heavy atom. The highest BCUT2D eigenvalue weighted by Crippen LogP contribution is 2.24. The highest BCUT2D eigenvalue weighted by Gasteiger charge is 2.07. The molecule has 2 aromatic rings. The van der Waals surface area contributed by atoms with Crippen molar-refractivity contribution in [1.29, 1.82) is 0 Å². The second-order valence-corrected chi connectivity index (χ2v) is 4.38. The quantitative estimate of drug-likeness (QED) is 0.924. The van der Waals surface area contributed by atoms with E-state index in [2.05, 4.69) is 9.97 Å². The molecule has 5 heteroatoms. The van der Waals surface area contributed by atoms with Crippen LogP contribution < -0.4 is 5.73 Å². The van der Waals surface area contributed by atoms with Gasteiger partial charge in [-0.3, -0.25) is 0 Å². The van der Waals surface area contributed by atoms with Crippen molar-refractivity contribution in [1.82, 2.24) is 9.97 Å². The third-order valence-corrected chi connectivity index (χ3v) is 2.77. The Morgan fingerprint density at radius 1 is 1.28 bits per heavy atom. The first-order valence-corrected chi connectivity index (χ1v) is 6.07. The molecule has 0 saturated heterocycles. The number of halogens is 2. The number of nitrogen functional groups attached to an aromatic ring is 1. The molecule has 0 radical (unpaired) electrons. The van der Waals surface area contributed by atoms with Gasteiger partial charge < -0.3 is 5.73 Å². The minimum Gasteiger partial charge on any atom is -0.384 e. The first-order valence-electron chi connectivity index (χ1n) is 5.69. The number of benzene rings is 1. The second kappa shape index (κ2) is 5.31. The summed E-state index contributed by atoms with van der Waals surface area (Å²) < 4.78 is 13.1. The van der Waals surface area contributed by atoms with Crippen molar-refractivity contribution in [2.24, 2.45) is 0 Å². The first-order chi connectivity index (χ1) is 8.60. The molecule has 1 aromatic heterocycles. The van der Waals surface area contributed by atoms with Gasteiger partial charge in [-0.05, 0) is 24.6 Å². The molecule has 0 atom stereocenters. The van der Waals surface area contributed by atoms with Crippen LogP contribution in [0.15, 0.2) is 24.3 Å². The molecule has 3 nitrogen and oxygen atoms in total. The topological polar surface area (TPSA) is 51.8 Å². The van der Waals surface area contributed by atoms with Crippen molar-refractivity contribution in [3.63, 3.8) is 0 Å². The fraction of sp³-hybridized carbons (Fsp3) is 0.231. The SMILES string of the molecule is CCCc1nc(N)cc(-c2ccc(F)c(Cl)c2)n1. The number of hydrogen-bond donors (Lipinski definition) is 1. The summed E-state index contributed by atoms with van der Waals surface area (Å²) >= 11 is 5.75. The van der Waals surface area contributed by atoms with Crippen LogP contribution in [0.25, 0.3) is 11.3 Å². The number of hydrogen-bond acceptors (Lipinski definition) is 3. The van der Waals surface area contributed by atoms with Gasteiger partial charge in [0.25, 0.3) is 0 Å². The fourth-order valence-corrected chi connectivity index (χ4v) is 1.84. The van der Waals surface area contributed by atoms with E-state index >= 15 is 0 Å². The van der Waals surface area contributed by atoms with E-state index < -0.39 is 5.82 Å². The van der Waals surface area contributed by atoms with E-state index in [1.807, 2.05) is 6.92 Å². The molecule has 0 spiro atoms. The van der Waals surface area contributed by atoms with Crippen LogP contribution in [0.3, 0.4) is 0 Å². The second-order valence-electron chi connectivity index (χ2n) is 3.97. The largest absolute Gasteiger partial charge is 0.384 e. The fourth-order valence-electron chi connectivity index (χ4n) is 1.66. The Morgan fingerprint density at radius 2 is 2.06 bits per heavy atom. The van der Waals surface area contributed by atoms with Crippen molar-refractivity contribution >= 4 is 17.4 Å². The van der Waals surface area contributed by atoms with Gasteiger partial charge in [0, 0.05) is 18.1 Å². The zero-order chi connectivity index (χ0) is 13.1. The molecular formula is C13H13ClFN3. The third-order valence-electron chi connectivity index (χ3n) is 2.48. The molecule has 0 unspecified atom stereocenters. The van der Waals surface area contributed by atoms with Gasteiger partial charge in [0.05, 0.1) is 10.7 Å². The summed E-state index contributed by atoms with van der Waals surface area (Å²) in [7, 11) is 0. The van der Waals surface area contributed by atoms with Crippen LogP contribution in [0.4, 0.5) is 10.2 Å². The number of anilines is 1. The molecule has 94 valence electrons. The number of aromatic nitrogens is 2. The zero-order valence-electron chi connectivity index (χ0n) is 9.95. The van der Waals surface area contributed by atoms with E-state index in [1.165, 1.54) is 12.1 Å². The van der Waals surface area contributed by atoms with Crippen LogP contribution in [0.1, 0.15) is 19.2 Å². The van der Waals surface area contributed by atoms with Crippen LogP contribution in [0.5, 0.6) is 0 Å². The van der Waals surface area contributed by atoms with E-state index in [-0.39, 0.29) is 5.02 Å². The normalized spacial score (nSPS) is 10.6. The van der Waals surface area contributed by atoms with Crippen molar-refractivity contribution in [2.75, 3.05) is 5.73 Å². The lowest BCUT2D eigenvalue weighted by Crippen LogP contribution is -2.01. The minimum absolute atomic E-state index is 0.0710. The van der Waals surface area contributed by atoms with Gasteiger partial charge in [-0.1, -0.05) is 18.5 Å². The maximum Gasteiger partial charge on any atom is 0.141 e. The van der Waals surface area contributed by atoms with E-state index in [1.54, 1.807) is 12.1 Å². The average molecular weight is 266 g/mol. The summed E-state index contributed by atoms with van der Waals surface area (Å²) in [6.45, 7) is 2.04. The Labute approximate surface area is 110 Å². The highest BCUT2D eigenvalue weighted by atomic mass is 35.5. The summed E-state index contributed by atoms with van der Waals surface area (Å²) in [5.41, 5.74) is 7.13. The number of nitrogens with zero attached hydrogens (tertiary/aromatic N) is 2. The maximum atomic E-state index is 13.1. The summed E-state index contributed by atoms with van der Waals surface area (Å²) in [4.78, 5) is 8.54. The number of nitrogens with two attached hydrogens (primary N) is 1. The molecule has 0 amide bonds. The van der Waals surface area contributed by atoms with Gasteiger partial charge >= 0.3 is 0 Å². The zero-order valence-corrected chi connectivity index (χ0v) is 10.7. The van der Waals surface area contributed by atoms with Gasteiger partial charge in [0.1, 0.15) is 17.5 Å². The summed E-state index contributed by atoms with van der Waals surface area (Å²) in [5, 5.41) is 0.0710. The van der Waals surface area contributed by atoms with Crippen LogP contribution in [-0.4, -0.2) is 9.97 Å². The molecule has 2 rings (SSSR count). The lowest BCUT2D eigenvalue weighted by atomic mass is 10.1. The molecule has 0 bridgehead atoms. The number of rotatable bonds is 3. The van der Waals surface area contributed by atoms with E-state index in [4.69, 9.17) is 17.3 Å². The molecule has 0 aliphatic carbocycles. The average Bonchev–Trinajstić information content (AvgIpc) is 2.32.